The van der Waals surface area contributed by atoms with Crippen molar-refractivity contribution in [3.63, 3.8) is 0 Å². The van der Waals surface area contributed by atoms with Gasteiger partial charge in [-0.3, -0.25) is 0 Å². The lowest BCUT2D eigenvalue weighted by Crippen LogP contribution is -2.31. The molecule has 0 radical (unpaired) electrons. The van der Waals surface area contributed by atoms with Crippen molar-refractivity contribution in [2.24, 2.45) is 0 Å². The maximum absolute atomic E-state index is 13.5. The standard InChI is InChI=1S/C14H21F2NO/c1-3-17-13(5-4-8-18-2)10-11-9-12(15)6-7-14(11)16/h6-7,9,13,17H,3-5,8,10H2,1-2H3. The molecule has 4 heteroatoms. The molecule has 0 amide bonds. The van der Waals surface area contributed by atoms with Gasteiger partial charge in [0.05, 0.1) is 0 Å². The number of rotatable bonds is 8. The van der Waals surface area contributed by atoms with E-state index in [9.17, 15) is 8.78 Å². The second-order valence-electron chi connectivity index (χ2n) is 4.33. The molecule has 1 aromatic rings. The summed E-state index contributed by atoms with van der Waals surface area (Å²) in [6.45, 7) is 3.51. The first-order valence-corrected chi connectivity index (χ1v) is 6.33. The Bertz CT molecular complexity index is 358. The summed E-state index contributed by atoms with van der Waals surface area (Å²) in [7, 11) is 1.66. The van der Waals surface area contributed by atoms with Gasteiger partial charge < -0.3 is 10.1 Å². The predicted octanol–water partition coefficient (Wildman–Crippen LogP) is 2.91. The van der Waals surface area contributed by atoms with Crippen LogP contribution < -0.4 is 5.32 Å². The minimum absolute atomic E-state index is 0.154. The summed E-state index contributed by atoms with van der Waals surface area (Å²) < 4.78 is 31.6. The molecule has 0 aromatic heterocycles. The monoisotopic (exact) mass is 257 g/mol. The molecule has 0 saturated heterocycles. The molecule has 102 valence electrons. The zero-order valence-corrected chi connectivity index (χ0v) is 11.0. The molecular formula is C14H21F2NO. The van der Waals surface area contributed by atoms with Gasteiger partial charge in [-0.05, 0) is 49.6 Å². The number of ether oxygens (including phenoxy) is 1. The molecule has 1 atom stereocenters. The fourth-order valence-electron chi connectivity index (χ4n) is 2.00. The van der Waals surface area contributed by atoms with Crippen molar-refractivity contribution in [1.82, 2.24) is 5.32 Å². The van der Waals surface area contributed by atoms with E-state index in [1.165, 1.54) is 12.1 Å². The first-order chi connectivity index (χ1) is 8.67. The first kappa shape index (κ1) is 15.1. The Hall–Kier alpha value is -1.00. The third-order valence-corrected chi connectivity index (χ3v) is 2.87. The molecule has 0 aliphatic rings. The summed E-state index contributed by atoms with van der Waals surface area (Å²) in [5.41, 5.74) is 0.429. The van der Waals surface area contributed by atoms with Crippen LogP contribution in [0.2, 0.25) is 0 Å². The molecule has 0 spiro atoms. The molecule has 0 heterocycles. The molecule has 0 aliphatic carbocycles. The normalized spacial score (nSPS) is 12.7. The van der Waals surface area contributed by atoms with Crippen LogP contribution in [0.3, 0.4) is 0 Å². The molecule has 2 nitrogen and oxygen atoms in total. The molecule has 1 rings (SSSR count). The van der Waals surface area contributed by atoms with Crippen LogP contribution in [-0.2, 0) is 11.2 Å². The van der Waals surface area contributed by atoms with E-state index in [1.54, 1.807) is 7.11 Å². The van der Waals surface area contributed by atoms with Gasteiger partial charge in [0.15, 0.2) is 0 Å². The lowest BCUT2D eigenvalue weighted by atomic mass is 10.0. The van der Waals surface area contributed by atoms with E-state index in [0.717, 1.165) is 25.5 Å². The summed E-state index contributed by atoms with van der Waals surface area (Å²) in [6, 6.07) is 3.76. The number of hydrogen-bond acceptors (Lipinski definition) is 2. The van der Waals surface area contributed by atoms with E-state index >= 15 is 0 Å². The zero-order valence-electron chi connectivity index (χ0n) is 11.0. The van der Waals surface area contributed by atoms with E-state index in [1.807, 2.05) is 6.92 Å². The topological polar surface area (TPSA) is 21.3 Å². The van der Waals surface area contributed by atoms with Crippen LogP contribution in [-0.4, -0.2) is 26.3 Å². The van der Waals surface area contributed by atoms with E-state index in [0.29, 0.717) is 18.6 Å². The maximum Gasteiger partial charge on any atom is 0.126 e. The van der Waals surface area contributed by atoms with Crippen molar-refractivity contribution in [3.8, 4) is 0 Å². The minimum atomic E-state index is -0.390. The van der Waals surface area contributed by atoms with Crippen LogP contribution in [0.5, 0.6) is 0 Å². The van der Waals surface area contributed by atoms with Crippen LogP contribution in [0.1, 0.15) is 25.3 Å². The number of hydrogen-bond donors (Lipinski definition) is 1. The third-order valence-electron chi connectivity index (χ3n) is 2.87. The van der Waals surface area contributed by atoms with E-state index in [-0.39, 0.29) is 11.9 Å². The Morgan fingerprint density at radius 2 is 2.11 bits per heavy atom. The predicted molar refractivity (Wildman–Crippen MR) is 68.6 cm³/mol. The second kappa shape index (κ2) is 8.16. The van der Waals surface area contributed by atoms with Gasteiger partial charge in [0.25, 0.3) is 0 Å². The van der Waals surface area contributed by atoms with Gasteiger partial charge in [-0.2, -0.15) is 0 Å². The van der Waals surface area contributed by atoms with Gasteiger partial charge in [0.1, 0.15) is 11.6 Å². The minimum Gasteiger partial charge on any atom is -0.385 e. The lowest BCUT2D eigenvalue weighted by Gasteiger charge is -2.18. The highest BCUT2D eigenvalue weighted by Crippen LogP contribution is 2.14. The van der Waals surface area contributed by atoms with Crippen molar-refractivity contribution in [2.45, 2.75) is 32.2 Å². The van der Waals surface area contributed by atoms with Crippen molar-refractivity contribution < 1.29 is 13.5 Å². The summed E-state index contributed by atoms with van der Waals surface area (Å²) in [6.07, 6.45) is 2.30. The number of likely N-dealkylation sites (N-methyl/N-ethyl adjacent to an activating group) is 1. The van der Waals surface area contributed by atoms with Gasteiger partial charge in [0, 0.05) is 19.8 Å². The summed E-state index contributed by atoms with van der Waals surface area (Å²) >= 11 is 0. The fourth-order valence-corrected chi connectivity index (χ4v) is 2.00. The van der Waals surface area contributed by atoms with Crippen LogP contribution in [0.15, 0.2) is 18.2 Å². The lowest BCUT2D eigenvalue weighted by molar-refractivity contribution is 0.188. The highest BCUT2D eigenvalue weighted by atomic mass is 19.1. The van der Waals surface area contributed by atoms with Crippen LogP contribution in [0, 0.1) is 11.6 Å². The van der Waals surface area contributed by atoms with E-state index < -0.39 is 5.82 Å². The Morgan fingerprint density at radius 3 is 2.78 bits per heavy atom. The first-order valence-electron chi connectivity index (χ1n) is 6.33. The van der Waals surface area contributed by atoms with Crippen molar-refractivity contribution in [3.05, 3.63) is 35.4 Å². The summed E-state index contributed by atoms with van der Waals surface area (Å²) in [4.78, 5) is 0. The Labute approximate surface area is 107 Å². The number of halogens is 2. The second-order valence-corrected chi connectivity index (χ2v) is 4.33. The SMILES string of the molecule is CCNC(CCCOC)Cc1cc(F)ccc1F. The van der Waals surface area contributed by atoms with Gasteiger partial charge in [-0.25, -0.2) is 8.78 Å². The van der Waals surface area contributed by atoms with Crippen LogP contribution in [0.25, 0.3) is 0 Å². The smallest absolute Gasteiger partial charge is 0.126 e. The summed E-state index contributed by atoms with van der Waals surface area (Å²) in [5, 5.41) is 3.29. The largest absolute Gasteiger partial charge is 0.385 e. The molecular weight excluding hydrogens is 236 g/mol. The molecule has 0 aliphatic heterocycles. The van der Waals surface area contributed by atoms with E-state index in [2.05, 4.69) is 5.32 Å². The van der Waals surface area contributed by atoms with Gasteiger partial charge in [0.2, 0.25) is 0 Å². The van der Waals surface area contributed by atoms with Gasteiger partial charge >= 0.3 is 0 Å². The molecule has 0 saturated carbocycles. The van der Waals surface area contributed by atoms with E-state index in [4.69, 9.17) is 4.74 Å². The number of methoxy groups -OCH3 is 1. The molecule has 0 bridgehead atoms. The molecule has 0 fully saturated rings. The zero-order chi connectivity index (χ0) is 13.4. The number of benzene rings is 1. The Kier molecular flexibility index (Phi) is 6.83. The van der Waals surface area contributed by atoms with Gasteiger partial charge in [-0.1, -0.05) is 6.92 Å². The highest BCUT2D eigenvalue weighted by molar-refractivity contribution is 5.19. The molecule has 1 unspecified atom stereocenters. The van der Waals surface area contributed by atoms with Crippen molar-refractivity contribution in [1.29, 1.82) is 0 Å². The molecule has 1 aromatic carbocycles. The third kappa shape index (κ3) is 5.10. The highest BCUT2D eigenvalue weighted by Gasteiger charge is 2.12. The van der Waals surface area contributed by atoms with Gasteiger partial charge in [-0.15, -0.1) is 0 Å². The summed E-state index contributed by atoms with van der Waals surface area (Å²) in [5.74, 6) is -0.732. The average molecular weight is 257 g/mol. The van der Waals surface area contributed by atoms with Crippen LogP contribution >= 0.6 is 0 Å². The molecule has 1 N–H and O–H groups in total. The quantitative estimate of drug-likeness (QED) is 0.723. The number of nitrogens with one attached hydrogen (secondary N) is 1. The maximum atomic E-state index is 13.5. The molecule has 18 heavy (non-hydrogen) atoms. The fraction of sp³-hybridized carbons (Fsp3) is 0.571. The Morgan fingerprint density at radius 1 is 1.33 bits per heavy atom. The Balaban J connectivity index is 2.60. The van der Waals surface area contributed by atoms with Crippen molar-refractivity contribution in [2.75, 3.05) is 20.3 Å². The average Bonchev–Trinajstić information content (AvgIpc) is 2.34. The van der Waals surface area contributed by atoms with Crippen LogP contribution in [0.4, 0.5) is 8.78 Å². The van der Waals surface area contributed by atoms with Crippen molar-refractivity contribution >= 4 is 0 Å².